The normalized spacial score (nSPS) is 23.5. The van der Waals surface area contributed by atoms with Crippen LogP contribution in [0.15, 0.2) is 24.4 Å². The molecule has 0 bridgehead atoms. The molecule has 1 saturated heterocycles. The van der Waals surface area contributed by atoms with Gasteiger partial charge in [0.25, 0.3) is 5.91 Å². The molecule has 0 unspecified atom stereocenters. The molecule has 2 aromatic rings. The third-order valence-electron chi connectivity index (χ3n) is 4.60. The SMILES string of the molecule is C[C@@H]1CN(c2ccc(NC(=O)c3cc(C4CC4)[nH]n3)cn2)C[C@@H](C)O1. The predicted molar refractivity (Wildman–Crippen MR) is 95.0 cm³/mol. The van der Waals surface area contributed by atoms with E-state index in [1.165, 1.54) is 12.8 Å². The molecule has 0 radical (unpaired) electrons. The zero-order valence-electron chi connectivity index (χ0n) is 14.5. The summed E-state index contributed by atoms with van der Waals surface area (Å²) in [6.45, 7) is 5.77. The highest BCUT2D eigenvalue weighted by Gasteiger charge is 2.26. The minimum absolute atomic E-state index is 0.185. The van der Waals surface area contributed by atoms with Gasteiger partial charge in [-0.1, -0.05) is 0 Å². The third kappa shape index (κ3) is 3.66. The summed E-state index contributed by atoms with van der Waals surface area (Å²) in [6.07, 6.45) is 4.41. The van der Waals surface area contributed by atoms with Crippen LogP contribution in [0.25, 0.3) is 0 Å². The molecule has 2 atom stereocenters. The number of hydrogen-bond acceptors (Lipinski definition) is 5. The lowest BCUT2D eigenvalue weighted by molar-refractivity contribution is -0.00545. The number of nitrogens with zero attached hydrogens (tertiary/aromatic N) is 3. The number of H-pyrrole nitrogens is 1. The van der Waals surface area contributed by atoms with Crippen molar-refractivity contribution in [3.8, 4) is 0 Å². The number of morpholine rings is 1. The van der Waals surface area contributed by atoms with Crippen LogP contribution in [-0.2, 0) is 4.74 Å². The van der Waals surface area contributed by atoms with Gasteiger partial charge >= 0.3 is 0 Å². The lowest BCUT2D eigenvalue weighted by Gasteiger charge is -2.36. The second-order valence-electron chi connectivity index (χ2n) is 7.00. The maximum Gasteiger partial charge on any atom is 0.276 e. The molecule has 1 aliphatic heterocycles. The van der Waals surface area contributed by atoms with E-state index in [0.717, 1.165) is 24.6 Å². The fourth-order valence-electron chi connectivity index (χ4n) is 3.26. The number of carbonyl (C=O) groups is 1. The molecule has 25 heavy (non-hydrogen) atoms. The largest absolute Gasteiger partial charge is 0.372 e. The molecule has 7 nitrogen and oxygen atoms in total. The molecule has 2 N–H and O–H groups in total. The number of hydrogen-bond donors (Lipinski definition) is 2. The maximum atomic E-state index is 12.3. The number of aromatic amines is 1. The maximum absolute atomic E-state index is 12.3. The minimum Gasteiger partial charge on any atom is -0.372 e. The Hall–Kier alpha value is -2.41. The van der Waals surface area contributed by atoms with E-state index in [-0.39, 0.29) is 18.1 Å². The number of anilines is 2. The first-order valence-electron chi connectivity index (χ1n) is 8.81. The molecule has 4 rings (SSSR count). The van der Waals surface area contributed by atoms with E-state index in [0.29, 0.717) is 17.3 Å². The van der Waals surface area contributed by atoms with E-state index in [9.17, 15) is 4.79 Å². The van der Waals surface area contributed by atoms with Gasteiger partial charge in [-0.15, -0.1) is 0 Å². The van der Waals surface area contributed by atoms with Gasteiger partial charge in [-0.05, 0) is 44.9 Å². The highest BCUT2D eigenvalue weighted by Crippen LogP contribution is 2.39. The molecule has 2 aliphatic rings. The number of carbonyl (C=O) groups excluding carboxylic acids is 1. The van der Waals surface area contributed by atoms with Crippen LogP contribution in [0.1, 0.15) is 48.8 Å². The van der Waals surface area contributed by atoms with Crippen LogP contribution in [0.5, 0.6) is 0 Å². The fourth-order valence-corrected chi connectivity index (χ4v) is 3.26. The van der Waals surface area contributed by atoms with E-state index in [1.54, 1.807) is 6.20 Å². The smallest absolute Gasteiger partial charge is 0.276 e. The summed E-state index contributed by atoms with van der Waals surface area (Å²) in [4.78, 5) is 19.0. The molecule has 2 fully saturated rings. The number of rotatable bonds is 4. The first-order chi connectivity index (χ1) is 12.1. The Morgan fingerprint density at radius 3 is 2.68 bits per heavy atom. The van der Waals surface area contributed by atoms with E-state index in [2.05, 4.69) is 39.2 Å². The highest BCUT2D eigenvalue weighted by molar-refractivity contribution is 6.02. The van der Waals surface area contributed by atoms with Crippen LogP contribution < -0.4 is 10.2 Å². The van der Waals surface area contributed by atoms with Gasteiger partial charge in [0.15, 0.2) is 5.69 Å². The van der Waals surface area contributed by atoms with Crippen LogP contribution in [0.2, 0.25) is 0 Å². The summed E-state index contributed by atoms with van der Waals surface area (Å²) in [6, 6.07) is 5.64. The van der Waals surface area contributed by atoms with Gasteiger partial charge in [0.2, 0.25) is 0 Å². The molecular formula is C18H23N5O2. The first-order valence-corrected chi connectivity index (χ1v) is 8.81. The second-order valence-corrected chi connectivity index (χ2v) is 7.00. The van der Waals surface area contributed by atoms with Crippen LogP contribution in [0, 0.1) is 0 Å². The molecule has 1 amide bonds. The Morgan fingerprint density at radius 2 is 2.04 bits per heavy atom. The number of nitrogens with one attached hydrogen (secondary N) is 2. The van der Waals surface area contributed by atoms with Crippen LogP contribution >= 0.6 is 0 Å². The fraction of sp³-hybridized carbons (Fsp3) is 0.500. The molecule has 0 spiro atoms. The topological polar surface area (TPSA) is 83.1 Å². The van der Waals surface area contributed by atoms with Crippen molar-refractivity contribution in [1.82, 2.24) is 15.2 Å². The van der Waals surface area contributed by atoms with E-state index >= 15 is 0 Å². The molecule has 7 heteroatoms. The standard InChI is InChI=1S/C18H23N5O2/c1-11-9-23(10-12(2)25-11)17-6-5-14(8-19-17)20-18(24)16-7-15(21-22-16)13-3-4-13/h5-8,11-13H,3-4,9-10H2,1-2H3,(H,20,24)(H,21,22)/t11-,12-/m1/s1. The van der Waals surface area contributed by atoms with Crippen molar-refractivity contribution in [2.24, 2.45) is 0 Å². The number of ether oxygens (including phenoxy) is 1. The van der Waals surface area contributed by atoms with Gasteiger partial charge in [0, 0.05) is 24.7 Å². The quantitative estimate of drug-likeness (QED) is 0.893. The number of pyridine rings is 1. The zero-order valence-corrected chi connectivity index (χ0v) is 14.5. The van der Waals surface area contributed by atoms with Crippen molar-refractivity contribution in [2.75, 3.05) is 23.3 Å². The van der Waals surface area contributed by atoms with Crippen molar-refractivity contribution in [2.45, 2.75) is 44.8 Å². The summed E-state index contributed by atoms with van der Waals surface area (Å²) >= 11 is 0. The Labute approximate surface area is 146 Å². The Morgan fingerprint density at radius 1 is 1.28 bits per heavy atom. The monoisotopic (exact) mass is 341 g/mol. The van der Waals surface area contributed by atoms with Crippen molar-refractivity contribution in [1.29, 1.82) is 0 Å². The van der Waals surface area contributed by atoms with Gasteiger partial charge in [0.05, 0.1) is 24.1 Å². The third-order valence-corrected chi connectivity index (χ3v) is 4.60. The van der Waals surface area contributed by atoms with E-state index < -0.39 is 0 Å². The van der Waals surface area contributed by atoms with Crippen molar-refractivity contribution < 1.29 is 9.53 Å². The van der Waals surface area contributed by atoms with Crippen LogP contribution in [0.4, 0.5) is 11.5 Å². The minimum atomic E-state index is -0.216. The summed E-state index contributed by atoms with van der Waals surface area (Å²) < 4.78 is 5.75. The van der Waals surface area contributed by atoms with Crippen LogP contribution in [-0.4, -0.2) is 46.4 Å². The lowest BCUT2D eigenvalue weighted by Crippen LogP contribution is -2.45. The summed E-state index contributed by atoms with van der Waals surface area (Å²) in [5, 5.41) is 9.90. The van der Waals surface area contributed by atoms with Gasteiger partial charge < -0.3 is 15.0 Å². The van der Waals surface area contributed by atoms with Gasteiger partial charge in [-0.2, -0.15) is 5.10 Å². The van der Waals surface area contributed by atoms with Crippen molar-refractivity contribution in [3.63, 3.8) is 0 Å². The molecule has 1 aliphatic carbocycles. The van der Waals surface area contributed by atoms with Crippen molar-refractivity contribution >= 4 is 17.4 Å². The molecule has 1 saturated carbocycles. The highest BCUT2D eigenvalue weighted by atomic mass is 16.5. The zero-order chi connectivity index (χ0) is 17.4. The summed E-state index contributed by atoms with van der Waals surface area (Å²) in [5.74, 6) is 1.23. The number of amides is 1. The molecular weight excluding hydrogens is 318 g/mol. The Balaban J connectivity index is 1.40. The number of aromatic nitrogens is 3. The van der Waals surface area contributed by atoms with Gasteiger partial charge in [0.1, 0.15) is 5.82 Å². The predicted octanol–water partition coefficient (Wildman–Crippen LogP) is 2.55. The van der Waals surface area contributed by atoms with Gasteiger partial charge in [-0.3, -0.25) is 9.89 Å². The molecule has 132 valence electrons. The Bertz CT molecular complexity index is 743. The van der Waals surface area contributed by atoms with E-state index in [4.69, 9.17) is 4.74 Å². The summed E-state index contributed by atoms with van der Waals surface area (Å²) in [7, 11) is 0. The molecule has 2 aromatic heterocycles. The first kappa shape index (κ1) is 16.1. The molecule has 3 heterocycles. The second kappa shape index (κ2) is 6.48. The average Bonchev–Trinajstić information content (AvgIpc) is 3.31. The van der Waals surface area contributed by atoms with Crippen molar-refractivity contribution in [3.05, 3.63) is 35.8 Å². The Kier molecular flexibility index (Phi) is 4.17. The summed E-state index contributed by atoms with van der Waals surface area (Å²) in [5.41, 5.74) is 2.13. The van der Waals surface area contributed by atoms with Gasteiger partial charge in [-0.25, -0.2) is 4.98 Å². The lowest BCUT2D eigenvalue weighted by atomic mass is 10.2. The average molecular weight is 341 g/mol. The van der Waals surface area contributed by atoms with Crippen LogP contribution in [0.3, 0.4) is 0 Å². The molecule has 0 aromatic carbocycles. The van der Waals surface area contributed by atoms with E-state index in [1.807, 2.05) is 18.2 Å².